The summed E-state index contributed by atoms with van der Waals surface area (Å²) in [6, 6.07) is 10.6. The molecule has 0 atom stereocenters. The molecule has 0 N–H and O–H groups in total. The zero-order valence-corrected chi connectivity index (χ0v) is 11.8. The fourth-order valence-corrected chi connectivity index (χ4v) is 3.58. The Kier molecular flexibility index (Phi) is 3.19. The highest BCUT2D eigenvalue weighted by Gasteiger charge is 2.18. The van der Waals surface area contributed by atoms with Crippen molar-refractivity contribution in [1.29, 1.82) is 0 Å². The molecule has 0 bridgehead atoms. The summed E-state index contributed by atoms with van der Waals surface area (Å²) < 4.78 is 26.0. The van der Waals surface area contributed by atoms with Crippen LogP contribution in [0.25, 0.3) is 11.0 Å². The lowest BCUT2D eigenvalue weighted by molar-refractivity contribution is 0.588. The third-order valence-electron chi connectivity index (χ3n) is 2.89. The molecule has 0 aliphatic heterocycles. The van der Waals surface area contributed by atoms with Crippen molar-refractivity contribution >= 4 is 32.7 Å². The van der Waals surface area contributed by atoms with E-state index in [-0.39, 0.29) is 10.9 Å². The van der Waals surface area contributed by atoms with Crippen molar-refractivity contribution < 1.29 is 8.42 Å². The van der Waals surface area contributed by atoms with Gasteiger partial charge in [0, 0.05) is 6.20 Å². The second-order valence-electron chi connectivity index (χ2n) is 4.26. The van der Waals surface area contributed by atoms with Gasteiger partial charge in [0.15, 0.2) is 5.65 Å². The first kappa shape index (κ1) is 13.1. The van der Waals surface area contributed by atoms with Crippen molar-refractivity contribution in [2.45, 2.75) is 5.75 Å². The van der Waals surface area contributed by atoms with Crippen molar-refractivity contribution in [1.82, 2.24) is 13.9 Å². The second-order valence-corrected chi connectivity index (χ2v) is 6.46. The molecule has 0 radical (unpaired) electrons. The van der Waals surface area contributed by atoms with Gasteiger partial charge in [0.2, 0.25) is 10.0 Å². The summed E-state index contributed by atoms with van der Waals surface area (Å²) in [5.41, 5.74) is 1.01. The molecule has 3 rings (SSSR count). The van der Waals surface area contributed by atoms with E-state index in [4.69, 9.17) is 11.6 Å². The first-order valence-corrected chi connectivity index (χ1v) is 7.81. The van der Waals surface area contributed by atoms with E-state index in [1.807, 2.05) is 6.07 Å². The molecule has 102 valence electrons. The lowest BCUT2D eigenvalue weighted by atomic mass is 10.2. The molecule has 5 nitrogen and oxygen atoms in total. The van der Waals surface area contributed by atoms with Gasteiger partial charge in [0.25, 0.3) is 0 Å². The van der Waals surface area contributed by atoms with Crippen molar-refractivity contribution in [3.8, 4) is 0 Å². The summed E-state index contributed by atoms with van der Waals surface area (Å²) in [6.07, 6.45) is 2.70. The number of hydrogen-bond donors (Lipinski definition) is 0. The Bertz CT molecular complexity index is 860. The van der Waals surface area contributed by atoms with Crippen LogP contribution in [0.2, 0.25) is 5.15 Å². The summed E-state index contributed by atoms with van der Waals surface area (Å²) in [7, 11) is -3.55. The molecule has 0 aliphatic rings. The number of aromatic nitrogens is 3. The van der Waals surface area contributed by atoms with Crippen molar-refractivity contribution in [3.05, 3.63) is 59.6 Å². The Balaban J connectivity index is 2.08. The van der Waals surface area contributed by atoms with E-state index in [0.717, 1.165) is 9.54 Å². The quantitative estimate of drug-likeness (QED) is 0.697. The molecule has 0 aliphatic carbocycles. The first-order chi connectivity index (χ1) is 9.58. The third-order valence-corrected chi connectivity index (χ3v) is 4.78. The monoisotopic (exact) mass is 307 g/mol. The normalized spacial score (nSPS) is 11.8. The molecular formula is C13H10ClN3O2S. The number of benzene rings is 1. The van der Waals surface area contributed by atoms with Gasteiger partial charge in [-0.05, 0) is 11.6 Å². The predicted octanol–water partition coefficient (Wildman–Crippen LogP) is 2.46. The van der Waals surface area contributed by atoms with Crippen LogP contribution in [0.3, 0.4) is 0 Å². The van der Waals surface area contributed by atoms with Crippen LogP contribution < -0.4 is 0 Å². The smallest absolute Gasteiger partial charge is 0.228 e. The summed E-state index contributed by atoms with van der Waals surface area (Å²) in [5.74, 6) is -0.0980. The van der Waals surface area contributed by atoms with Gasteiger partial charge in [-0.3, -0.25) is 0 Å². The topological polar surface area (TPSA) is 64.8 Å². The maximum Gasteiger partial charge on any atom is 0.244 e. The largest absolute Gasteiger partial charge is 0.244 e. The minimum absolute atomic E-state index is 0.0980. The van der Waals surface area contributed by atoms with E-state index < -0.39 is 10.0 Å². The predicted molar refractivity (Wildman–Crippen MR) is 77.0 cm³/mol. The molecule has 0 unspecified atom stereocenters. The molecule has 3 aromatic rings. The van der Waals surface area contributed by atoms with Crippen LogP contribution in [0.5, 0.6) is 0 Å². The first-order valence-electron chi connectivity index (χ1n) is 5.83. The maximum atomic E-state index is 12.4. The Hall–Kier alpha value is -1.92. The number of fused-ring (bicyclic) bond motifs is 1. The summed E-state index contributed by atoms with van der Waals surface area (Å²) in [6.45, 7) is 0. The van der Waals surface area contributed by atoms with Gasteiger partial charge >= 0.3 is 0 Å². The van der Waals surface area contributed by atoms with Gasteiger partial charge in [-0.2, -0.15) is 0 Å². The van der Waals surface area contributed by atoms with Gasteiger partial charge in [-0.15, -0.1) is 0 Å². The number of halogens is 1. The molecule has 1 aromatic carbocycles. The molecule has 0 saturated carbocycles. The Morgan fingerprint density at radius 1 is 1.10 bits per heavy atom. The molecule has 7 heteroatoms. The molecular weight excluding hydrogens is 298 g/mol. The molecule has 0 fully saturated rings. The van der Waals surface area contributed by atoms with E-state index >= 15 is 0 Å². The van der Waals surface area contributed by atoms with Crippen LogP contribution in [-0.2, 0) is 15.8 Å². The van der Waals surface area contributed by atoms with Crippen LogP contribution >= 0.6 is 11.6 Å². The van der Waals surface area contributed by atoms with Crippen LogP contribution in [-0.4, -0.2) is 22.4 Å². The number of rotatable bonds is 3. The second kappa shape index (κ2) is 4.88. The van der Waals surface area contributed by atoms with Crippen molar-refractivity contribution in [2.75, 3.05) is 0 Å². The van der Waals surface area contributed by atoms with Crippen molar-refractivity contribution in [3.63, 3.8) is 0 Å². The van der Waals surface area contributed by atoms with Gasteiger partial charge in [-0.25, -0.2) is 22.4 Å². The van der Waals surface area contributed by atoms with Crippen LogP contribution in [0.15, 0.2) is 48.9 Å². The van der Waals surface area contributed by atoms with E-state index in [1.165, 1.54) is 12.5 Å². The average molecular weight is 308 g/mol. The van der Waals surface area contributed by atoms with Gasteiger partial charge in [0.05, 0.1) is 11.1 Å². The Morgan fingerprint density at radius 2 is 1.85 bits per heavy atom. The zero-order chi connectivity index (χ0) is 14.2. The lowest BCUT2D eigenvalue weighted by Gasteiger charge is -2.06. The summed E-state index contributed by atoms with van der Waals surface area (Å²) in [5, 5.41) is 0.759. The lowest BCUT2D eigenvalue weighted by Crippen LogP contribution is -2.14. The molecule has 2 aromatic heterocycles. The molecule has 2 heterocycles. The number of nitrogens with zero attached hydrogens (tertiary/aromatic N) is 3. The fraction of sp³-hybridized carbons (Fsp3) is 0.0769. The van der Waals surface area contributed by atoms with Gasteiger partial charge < -0.3 is 0 Å². The van der Waals surface area contributed by atoms with E-state index in [9.17, 15) is 8.42 Å². The van der Waals surface area contributed by atoms with E-state index in [1.54, 1.807) is 30.3 Å². The summed E-state index contributed by atoms with van der Waals surface area (Å²) >= 11 is 5.92. The average Bonchev–Trinajstić information content (AvgIpc) is 2.85. The van der Waals surface area contributed by atoms with Gasteiger partial charge in [0.1, 0.15) is 11.5 Å². The number of hydrogen-bond acceptors (Lipinski definition) is 4. The van der Waals surface area contributed by atoms with Crippen LogP contribution in [0.4, 0.5) is 0 Å². The molecule has 20 heavy (non-hydrogen) atoms. The zero-order valence-electron chi connectivity index (χ0n) is 10.3. The molecule has 0 amide bonds. The minimum atomic E-state index is -3.55. The van der Waals surface area contributed by atoms with Gasteiger partial charge in [-0.1, -0.05) is 41.9 Å². The third kappa shape index (κ3) is 2.28. The standard InChI is InChI=1S/C13H10ClN3O2S/c14-12-11-6-7-17(13(11)16-9-15-12)20(18,19)8-10-4-2-1-3-5-10/h1-7,9H,8H2. The van der Waals surface area contributed by atoms with E-state index in [2.05, 4.69) is 9.97 Å². The highest BCUT2D eigenvalue weighted by molar-refractivity contribution is 7.89. The summed E-state index contributed by atoms with van der Waals surface area (Å²) in [4.78, 5) is 7.83. The Morgan fingerprint density at radius 3 is 2.60 bits per heavy atom. The maximum absolute atomic E-state index is 12.4. The van der Waals surface area contributed by atoms with Crippen LogP contribution in [0.1, 0.15) is 5.56 Å². The molecule has 0 spiro atoms. The Labute approximate surface area is 120 Å². The van der Waals surface area contributed by atoms with E-state index in [0.29, 0.717) is 11.0 Å². The highest BCUT2D eigenvalue weighted by atomic mass is 35.5. The highest BCUT2D eigenvalue weighted by Crippen LogP contribution is 2.22. The SMILES string of the molecule is O=S(=O)(Cc1ccccc1)n1ccc2c(Cl)ncnc21. The van der Waals surface area contributed by atoms with Crippen LogP contribution in [0, 0.1) is 0 Å². The van der Waals surface area contributed by atoms with Crippen molar-refractivity contribution in [2.24, 2.45) is 0 Å². The fourth-order valence-electron chi connectivity index (χ4n) is 1.98. The molecule has 0 saturated heterocycles. The minimum Gasteiger partial charge on any atom is -0.228 e.